The minimum absolute atomic E-state index is 0.152. The lowest BCUT2D eigenvalue weighted by atomic mass is 9.81. The van der Waals surface area contributed by atoms with Crippen molar-refractivity contribution in [3.63, 3.8) is 0 Å². The first-order chi connectivity index (χ1) is 18.6. The molecule has 1 aliphatic carbocycles. The second-order valence-electron chi connectivity index (χ2n) is 10.4. The summed E-state index contributed by atoms with van der Waals surface area (Å²) in [5.74, 6) is -1.03. The molecule has 0 aromatic rings. The summed E-state index contributed by atoms with van der Waals surface area (Å²) in [6.07, 6.45) is -15.6. The Hall–Kier alpha value is -2.27. The first-order valence-electron chi connectivity index (χ1n) is 12.4. The average Bonchev–Trinajstić information content (AvgIpc) is 3.38. The Bertz CT molecular complexity index is 1020. The molecule has 15 N–H and O–H groups in total. The van der Waals surface area contributed by atoms with Gasteiger partial charge >= 0.3 is 0 Å². The minimum Gasteiger partial charge on any atom is -0.394 e. The summed E-state index contributed by atoms with van der Waals surface area (Å²) in [6, 6.07) is -3.92. The number of rotatable bonds is 8. The largest absolute Gasteiger partial charge is 0.394 e. The molecule has 0 spiro atoms. The Morgan fingerprint density at radius 2 is 1.55 bits per heavy atom. The van der Waals surface area contributed by atoms with Gasteiger partial charge in [0, 0.05) is 0 Å². The zero-order chi connectivity index (χ0) is 29.9. The van der Waals surface area contributed by atoms with Crippen LogP contribution >= 0.6 is 0 Å². The van der Waals surface area contributed by atoms with E-state index in [2.05, 4.69) is 9.98 Å². The maximum atomic E-state index is 12.1. The summed E-state index contributed by atoms with van der Waals surface area (Å²) in [4.78, 5) is 21.0. The first-order valence-corrected chi connectivity index (χ1v) is 12.4. The first kappa shape index (κ1) is 30.7. The third kappa shape index (κ3) is 4.80. The van der Waals surface area contributed by atoms with Crippen LogP contribution in [0.2, 0.25) is 0 Å². The van der Waals surface area contributed by atoms with E-state index in [1.807, 2.05) is 0 Å². The summed E-state index contributed by atoms with van der Waals surface area (Å²) < 4.78 is 23.0. The molecule has 19 nitrogen and oxygen atoms in total. The van der Waals surface area contributed by atoms with Crippen LogP contribution in [-0.4, -0.2) is 163 Å². The van der Waals surface area contributed by atoms with Gasteiger partial charge in [0.05, 0.1) is 12.7 Å². The van der Waals surface area contributed by atoms with Crippen LogP contribution in [0.3, 0.4) is 0 Å². The zero-order valence-corrected chi connectivity index (χ0v) is 21.6. The van der Waals surface area contributed by atoms with Gasteiger partial charge in [0.2, 0.25) is 0 Å². The molecule has 0 aromatic heterocycles. The quantitative estimate of drug-likeness (QED) is 0.0550. The smallest absolute Gasteiger partial charge is 0.188 e. The number of likely N-dealkylation sites (N-methyl/N-ethyl adjacent to an activating group) is 1. The lowest BCUT2D eigenvalue weighted by molar-refractivity contribution is -0.300. The molecule has 4 aliphatic rings. The normalized spacial score (nSPS) is 51.9. The van der Waals surface area contributed by atoms with E-state index in [0.717, 1.165) is 0 Å². The van der Waals surface area contributed by atoms with Gasteiger partial charge in [-0.25, -0.2) is 9.98 Å². The van der Waals surface area contributed by atoms with Crippen LogP contribution in [0.15, 0.2) is 9.98 Å². The zero-order valence-electron chi connectivity index (χ0n) is 21.6. The van der Waals surface area contributed by atoms with Crippen LogP contribution in [-0.2, 0) is 23.7 Å². The van der Waals surface area contributed by atoms with Crippen LogP contribution in [0.5, 0.6) is 0 Å². The van der Waals surface area contributed by atoms with E-state index < -0.39 is 109 Å². The third-order valence-electron chi connectivity index (χ3n) is 8.01. The summed E-state index contributed by atoms with van der Waals surface area (Å²) in [5, 5.41) is 74.5. The number of hydrogen-bond donors (Lipinski definition) is 11. The topological polar surface area (TPSA) is 327 Å². The number of guanidine groups is 2. The van der Waals surface area contributed by atoms with Gasteiger partial charge in [0.15, 0.2) is 42.1 Å². The van der Waals surface area contributed by atoms with E-state index >= 15 is 0 Å². The molecule has 0 amide bonds. The molecule has 1 saturated carbocycles. The highest BCUT2D eigenvalue weighted by Gasteiger charge is 2.74. The summed E-state index contributed by atoms with van der Waals surface area (Å²) >= 11 is 0. The van der Waals surface area contributed by atoms with Gasteiger partial charge in [-0.05, 0) is 14.0 Å². The van der Waals surface area contributed by atoms with Crippen molar-refractivity contribution in [3.05, 3.63) is 0 Å². The van der Waals surface area contributed by atoms with Crippen molar-refractivity contribution in [3.8, 4) is 0 Å². The predicted octanol–water partition coefficient (Wildman–Crippen LogP) is -8.11. The lowest BCUT2D eigenvalue weighted by Crippen LogP contribution is -2.65. The highest BCUT2D eigenvalue weighted by Crippen LogP contribution is 2.49. The van der Waals surface area contributed by atoms with Gasteiger partial charge in [-0.3, -0.25) is 9.69 Å². The number of aliphatic hydroxyl groups is 7. The molecule has 0 aromatic carbocycles. The molecule has 16 atom stereocenters. The van der Waals surface area contributed by atoms with E-state index in [-0.39, 0.29) is 6.29 Å². The number of ether oxygens (including phenoxy) is 4. The van der Waals surface area contributed by atoms with Crippen molar-refractivity contribution in [1.29, 1.82) is 0 Å². The molecule has 40 heavy (non-hydrogen) atoms. The Balaban J connectivity index is 1.65. The molecule has 0 radical (unpaired) electrons. The molecule has 3 saturated heterocycles. The minimum atomic E-state index is -2.37. The van der Waals surface area contributed by atoms with E-state index in [1.165, 1.54) is 18.9 Å². The number of fused-ring (bicyclic) bond motifs is 1. The molecule has 16 unspecified atom stereocenters. The second kappa shape index (κ2) is 10.9. The van der Waals surface area contributed by atoms with Gasteiger partial charge in [-0.2, -0.15) is 0 Å². The number of carbonyl (C=O) groups is 1. The van der Waals surface area contributed by atoms with Crippen molar-refractivity contribution in [2.45, 2.75) is 97.8 Å². The third-order valence-corrected chi connectivity index (χ3v) is 8.01. The van der Waals surface area contributed by atoms with E-state index in [1.54, 1.807) is 0 Å². The highest BCUT2D eigenvalue weighted by atomic mass is 16.8. The van der Waals surface area contributed by atoms with Crippen molar-refractivity contribution in [2.75, 3.05) is 13.7 Å². The van der Waals surface area contributed by atoms with Crippen molar-refractivity contribution in [1.82, 2.24) is 4.90 Å². The van der Waals surface area contributed by atoms with Gasteiger partial charge in [-0.15, -0.1) is 0 Å². The summed E-state index contributed by atoms with van der Waals surface area (Å²) in [5.41, 5.74) is 17.6. The van der Waals surface area contributed by atoms with Gasteiger partial charge in [0.1, 0.15) is 60.9 Å². The Labute approximate surface area is 227 Å². The Morgan fingerprint density at radius 3 is 2.10 bits per heavy atom. The monoisotopic (exact) mass is 579 g/mol. The van der Waals surface area contributed by atoms with Crippen LogP contribution in [0.25, 0.3) is 0 Å². The average molecular weight is 580 g/mol. The molecule has 4 rings (SSSR count). The molecule has 3 aliphatic heterocycles. The van der Waals surface area contributed by atoms with Crippen LogP contribution in [0.4, 0.5) is 0 Å². The van der Waals surface area contributed by atoms with E-state index in [4.69, 9.17) is 41.9 Å². The molecule has 3 heterocycles. The fourth-order valence-corrected chi connectivity index (χ4v) is 5.63. The van der Waals surface area contributed by atoms with Crippen molar-refractivity contribution < 1.29 is 59.5 Å². The number of aliphatic hydroxyl groups excluding tert-OH is 5. The maximum absolute atomic E-state index is 12.1. The van der Waals surface area contributed by atoms with Crippen molar-refractivity contribution >= 4 is 18.2 Å². The fraction of sp³-hybridized carbons (Fsp3) is 0.857. The van der Waals surface area contributed by atoms with Crippen molar-refractivity contribution in [2.24, 2.45) is 32.9 Å². The maximum Gasteiger partial charge on any atom is 0.188 e. The van der Waals surface area contributed by atoms with E-state index in [0.29, 0.717) is 0 Å². The lowest BCUT2D eigenvalue weighted by Gasteiger charge is -2.44. The number of nitrogens with two attached hydrogens (primary N) is 4. The number of aliphatic imine (C=N–C) groups is 2. The van der Waals surface area contributed by atoms with E-state index in [9.17, 15) is 40.5 Å². The summed E-state index contributed by atoms with van der Waals surface area (Å²) in [7, 11) is 1.45. The SMILES string of the molecule is CC1OC(OC2C(O)C(O)C(N=C(N)N)C(O)C2N=C(N)N)C(OC2OC(CO)C(O)C3(O)C2N3C)C1(O)C=O. The molecular weight excluding hydrogens is 542 g/mol. The van der Waals surface area contributed by atoms with Crippen LogP contribution in [0, 0.1) is 0 Å². The van der Waals surface area contributed by atoms with Gasteiger partial charge in [0.25, 0.3) is 0 Å². The predicted molar refractivity (Wildman–Crippen MR) is 131 cm³/mol. The molecular formula is C21H37N7O12. The second-order valence-corrected chi connectivity index (χ2v) is 10.4. The summed E-state index contributed by atoms with van der Waals surface area (Å²) in [6.45, 7) is 0.638. The van der Waals surface area contributed by atoms with Gasteiger partial charge < -0.3 is 77.6 Å². The number of nitrogens with zero attached hydrogens (tertiary/aromatic N) is 3. The highest BCUT2D eigenvalue weighted by molar-refractivity contribution is 5.76. The molecule has 4 fully saturated rings. The number of hydrogen-bond acceptors (Lipinski definition) is 15. The number of carbonyl (C=O) groups excluding carboxylic acids is 1. The Morgan fingerprint density at radius 1 is 0.950 bits per heavy atom. The molecule has 0 bridgehead atoms. The Kier molecular flexibility index (Phi) is 8.33. The van der Waals surface area contributed by atoms with Crippen LogP contribution < -0.4 is 22.9 Å². The molecule has 228 valence electrons. The number of aldehydes is 1. The van der Waals surface area contributed by atoms with Gasteiger partial charge in [-0.1, -0.05) is 0 Å². The standard InChI is InChI=1S/C21H37N7O12/c1-5-20(35,4-30)15(40-16-13-21(36,28(13)2)14(34)6(3-29)38-16)17(37-5)39-12-8(27-19(24)25)9(31)7(26-18(22)23)10(32)11(12)33/h4-17,29,31-36H,3H2,1-2H3,(H4,22,23,26)(H4,24,25,27). The molecule has 19 heteroatoms. The van der Waals surface area contributed by atoms with Crippen LogP contribution in [0.1, 0.15) is 6.92 Å². The fourth-order valence-electron chi connectivity index (χ4n) is 5.63.